The molecule has 0 atom stereocenters. The van der Waals surface area contributed by atoms with Crippen LogP contribution in [0.25, 0.3) is 10.8 Å². The van der Waals surface area contributed by atoms with Crippen molar-refractivity contribution in [3.8, 4) is 5.75 Å². The third kappa shape index (κ3) is 5.81. The Morgan fingerprint density at radius 3 is 2.26 bits per heavy atom. The number of anilines is 2. The highest BCUT2D eigenvalue weighted by molar-refractivity contribution is 6.10. The van der Waals surface area contributed by atoms with Gasteiger partial charge in [-0.2, -0.15) is 0 Å². The molecule has 34 heavy (non-hydrogen) atoms. The average Bonchev–Trinajstić information content (AvgIpc) is 2.84. The fraction of sp³-hybridized carbons (Fsp3) is 0.172. The lowest BCUT2D eigenvalue weighted by Crippen LogP contribution is -2.15. The van der Waals surface area contributed by atoms with Crippen molar-refractivity contribution in [1.29, 1.82) is 0 Å². The molecule has 0 unspecified atom stereocenters. The van der Waals surface area contributed by atoms with Crippen molar-refractivity contribution in [3.63, 3.8) is 0 Å². The van der Waals surface area contributed by atoms with Crippen molar-refractivity contribution in [2.24, 2.45) is 5.92 Å². The summed E-state index contributed by atoms with van der Waals surface area (Å²) < 4.78 is 5.76. The maximum absolute atomic E-state index is 12.9. The van der Waals surface area contributed by atoms with Crippen LogP contribution in [0.1, 0.15) is 41.0 Å². The molecular weight excluding hydrogens is 424 g/mol. The molecule has 0 fully saturated rings. The summed E-state index contributed by atoms with van der Waals surface area (Å²) in [5.74, 6) is 0.710. The van der Waals surface area contributed by atoms with E-state index in [2.05, 4.69) is 24.5 Å². The van der Waals surface area contributed by atoms with Gasteiger partial charge in [0.1, 0.15) is 5.75 Å². The summed E-state index contributed by atoms with van der Waals surface area (Å²) in [5.41, 5.74) is 2.23. The highest BCUT2D eigenvalue weighted by Crippen LogP contribution is 2.24. The fourth-order valence-electron chi connectivity index (χ4n) is 3.61. The van der Waals surface area contributed by atoms with Gasteiger partial charge in [0.2, 0.25) is 0 Å². The minimum absolute atomic E-state index is 0.243. The van der Waals surface area contributed by atoms with Gasteiger partial charge in [0.25, 0.3) is 11.8 Å². The van der Waals surface area contributed by atoms with Gasteiger partial charge in [0.15, 0.2) is 0 Å². The van der Waals surface area contributed by atoms with Gasteiger partial charge in [-0.3, -0.25) is 9.59 Å². The maximum atomic E-state index is 12.9. The first-order valence-electron chi connectivity index (χ1n) is 11.4. The van der Waals surface area contributed by atoms with E-state index in [-0.39, 0.29) is 11.8 Å². The van der Waals surface area contributed by atoms with Crippen LogP contribution in [-0.4, -0.2) is 18.4 Å². The van der Waals surface area contributed by atoms with E-state index in [1.54, 1.807) is 42.5 Å². The SMILES string of the molecule is CC(C)CCOc1cccc(C(=O)Nc2cccc(C(=O)Nc3cccc4ccccc34)c2)c1. The number of fused-ring (bicyclic) bond motifs is 1. The Morgan fingerprint density at radius 1 is 0.765 bits per heavy atom. The first-order valence-corrected chi connectivity index (χ1v) is 11.4. The lowest BCUT2D eigenvalue weighted by molar-refractivity contribution is 0.101. The quantitative estimate of drug-likeness (QED) is 0.310. The molecule has 5 heteroatoms. The highest BCUT2D eigenvalue weighted by atomic mass is 16.5. The molecule has 0 aliphatic rings. The summed E-state index contributed by atoms with van der Waals surface area (Å²) in [6.07, 6.45) is 0.948. The first kappa shape index (κ1) is 23.1. The van der Waals surface area contributed by atoms with E-state index in [4.69, 9.17) is 4.74 Å². The third-order valence-corrected chi connectivity index (χ3v) is 5.48. The Hall–Kier alpha value is -4.12. The Balaban J connectivity index is 1.44. The van der Waals surface area contributed by atoms with Crippen molar-refractivity contribution in [3.05, 3.63) is 102 Å². The molecule has 2 amide bonds. The van der Waals surface area contributed by atoms with Crippen LogP contribution in [0.2, 0.25) is 0 Å². The number of carbonyl (C=O) groups excluding carboxylic acids is 2. The van der Waals surface area contributed by atoms with Crippen LogP contribution in [0.4, 0.5) is 11.4 Å². The lowest BCUT2D eigenvalue weighted by atomic mass is 10.1. The molecule has 0 radical (unpaired) electrons. The van der Waals surface area contributed by atoms with Crippen LogP contribution in [0, 0.1) is 5.92 Å². The van der Waals surface area contributed by atoms with E-state index in [0.29, 0.717) is 35.1 Å². The van der Waals surface area contributed by atoms with Crippen LogP contribution in [0.3, 0.4) is 0 Å². The lowest BCUT2D eigenvalue weighted by Gasteiger charge is -2.11. The molecule has 0 spiro atoms. The van der Waals surface area contributed by atoms with Gasteiger partial charge in [0, 0.05) is 27.9 Å². The van der Waals surface area contributed by atoms with Crippen molar-refractivity contribution >= 4 is 34.0 Å². The van der Waals surface area contributed by atoms with E-state index < -0.39 is 0 Å². The van der Waals surface area contributed by atoms with Gasteiger partial charge >= 0.3 is 0 Å². The van der Waals surface area contributed by atoms with Crippen LogP contribution >= 0.6 is 0 Å². The molecule has 4 aromatic rings. The molecule has 0 saturated heterocycles. The summed E-state index contributed by atoms with van der Waals surface area (Å²) >= 11 is 0. The summed E-state index contributed by atoms with van der Waals surface area (Å²) in [4.78, 5) is 25.7. The number of hydrogen-bond acceptors (Lipinski definition) is 3. The maximum Gasteiger partial charge on any atom is 0.255 e. The van der Waals surface area contributed by atoms with Gasteiger partial charge in [-0.15, -0.1) is 0 Å². The van der Waals surface area contributed by atoms with E-state index in [1.165, 1.54) is 0 Å². The zero-order valence-corrected chi connectivity index (χ0v) is 19.4. The van der Waals surface area contributed by atoms with Crippen LogP contribution in [0.5, 0.6) is 5.75 Å². The van der Waals surface area contributed by atoms with E-state index in [0.717, 1.165) is 22.9 Å². The average molecular weight is 453 g/mol. The van der Waals surface area contributed by atoms with Crippen LogP contribution < -0.4 is 15.4 Å². The molecule has 0 aliphatic heterocycles. The molecule has 0 bridgehead atoms. The molecule has 5 nitrogen and oxygen atoms in total. The number of hydrogen-bond donors (Lipinski definition) is 2. The molecule has 0 heterocycles. The number of carbonyl (C=O) groups is 2. The molecule has 172 valence electrons. The Morgan fingerprint density at radius 2 is 1.44 bits per heavy atom. The van der Waals surface area contributed by atoms with Crippen molar-refractivity contribution in [1.82, 2.24) is 0 Å². The van der Waals surface area contributed by atoms with E-state index in [9.17, 15) is 9.59 Å². The smallest absolute Gasteiger partial charge is 0.255 e. The monoisotopic (exact) mass is 452 g/mol. The molecule has 0 aliphatic carbocycles. The molecular formula is C29H28N2O3. The second kappa shape index (κ2) is 10.7. The second-order valence-electron chi connectivity index (χ2n) is 8.57. The number of benzene rings is 4. The van der Waals surface area contributed by atoms with Crippen LogP contribution in [-0.2, 0) is 0 Å². The molecule has 2 N–H and O–H groups in total. The minimum atomic E-state index is -0.263. The molecule has 0 aromatic heterocycles. The van der Waals surface area contributed by atoms with E-state index >= 15 is 0 Å². The zero-order valence-electron chi connectivity index (χ0n) is 19.4. The normalized spacial score (nSPS) is 10.8. The number of rotatable bonds is 8. The molecule has 4 rings (SSSR count). The number of amides is 2. The van der Waals surface area contributed by atoms with Crippen molar-refractivity contribution in [2.45, 2.75) is 20.3 Å². The van der Waals surface area contributed by atoms with Gasteiger partial charge in [-0.25, -0.2) is 0 Å². The topological polar surface area (TPSA) is 67.4 Å². The largest absolute Gasteiger partial charge is 0.494 e. The van der Waals surface area contributed by atoms with Crippen LogP contribution in [0.15, 0.2) is 91.0 Å². The predicted molar refractivity (Wildman–Crippen MR) is 138 cm³/mol. The van der Waals surface area contributed by atoms with Gasteiger partial charge in [0.05, 0.1) is 6.61 Å². The Bertz CT molecular complexity index is 1310. The summed E-state index contributed by atoms with van der Waals surface area (Å²) in [7, 11) is 0. The molecule has 0 saturated carbocycles. The van der Waals surface area contributed by atoms with E-state index in [1.807, 2.05) is 48.5 Å². The Labute approximate surface area is 199 Å². The Kier molecular flexibility index (Phi) is 7.23. The first-order chi connectivity index (χ1) is 16.5. The van der Waals surface area contributed by atoms with Crippen molar-refractivity contribution < 1.29 is 14.3 Å². The standard InChI is InChI=1S/C29H28N2O3/c1-20(2)16-17-34-25-13-6-11-23(19-25)28(32)30-24-12-5-10-22(18-24)29(33)31-27-15-7-9-21-8-3-4-14-26(21)27/h3-15,18-20H,16-17H2,1-2H3,(H,30,32)(H,31,33). The van der Waals surface area contributed by atoms with Gasteiger partial charge in [-0.1, -0.05) is 62.4 Å². The highest BCUT2D eigenvalue weighted by Gasteiger charge is 2.12. The predicted octanol–water partition coefficient (Wildman–Crippen LogP) is 6.77. The van der Waals surface area contributed by atoms with Crippen molar-refractivity contribution in [2.75, 3.05) is 17.2 Å². The summed E-state index contributed by atoms with van der Waals surface area (Å²) in [5, 5.41) is 7.88. The minimum Gasteiger partial charge on any atom is -0.494 e. The molecule has 4 aromatic carbocycles. The zero-order chi connectivity index (χ0) is 23.9. The third-order valence-electron chi connectivity index (χ3n) is 5.48. The fourth-order valence-corrected chi connectivity index (χ4v) is 3.61. The van der Waals surface area contributed by atoms with Gasteiger partial charge in [-0.05, 0) is 60.2 Å². The second-order valence-corrected chi connectivity index (χ2v) is 8.57. The summed E-state index contributed by atoms with van der Waals surface area (Å²) in [6, 6.07) is 27.7. The summed E-state index contributed by atoms with van der Waals surface area (Å²) in [6.45, 7) is 4.89. The number of ether oxygens (including phenoxy) is 1. The number of nitrogens with one attached hydrogen (secondary N) is 2. The van der Waals surface area contributed by atoms with Gasteiger partial charge < -0.3 is 15.4 Å².